The first kappa shape index (κ1) is 16.9. The third-order valence-electron chi connectivity index (χ3n) is 4.66. The molecule has 1 saturated heterocycles. The Bertz CT molecular complexity index is 656. The zero-order valence-electron chi connectivity index (χ0n) is 12.7. The van der Waals surface area contributed by atoms with Gasteiger partial charge in [-0.1, -0.05) is 17.7 Å². The van der Waals surface area contributed by atoms with Gasteiger partial charge in [0.2, 0.25) is 5.91 Å². The molecule has 1 aliphatic heterocycles. The Hall–Kier alpha value is -0.970. The molecule has 2 fully saturated rings. The van der Waals surface area contributed by atoms with Crippen LogP contribution in [0.3, 0.4) is 0 Å². The molecular weight excluding hydrogens is 359 g/mol. The van der Waals surface area contributed by atoms with Gasteiger partial charge in [0.1, 0.15) is 4.33 Å². The van der Waals surface area contributed by atoms with E-state index in [0.717, 1.165) is 0 Å². The Morgan fingerprint density at radius 1 is 1.09 bits per heavy atom. The molecule has 23 heavy (non-hydrogen) atoms. The lowest BCUT2D eigenvalue weighted by molar-refractivity contribution is -0.137. The van der Waals surface area contributed by atoms with Gasteiger partial charge in [-0.3, -0.25) is 9.59 Å². The summed E-state index contributed by atoms with van der Waals surface area (Å²) in [6.45, 7) is 3.75. The molecule has 1 heterocycles. The summed E-state index contributed by atoms with van der Waals surface area (Å²) in [7, 11) is 0. The molecule has 1 aliphatic carbocycles. The monoisotopic (exact) mass is 374 g/mol. The number of alkyl halides is 2. The van der Waals surface area contributed by atoms with E-state index >= 15 is 0 Å². The SMILES string of the molecule is CC1(C(=O)N2CCN(C(=O)c3cccc(Cl)c3)CC2)CC1(Cl)Cl. The molecule has 1 aromatic rings. The number of carbonyl (C=O) groups excluding carboxylic acids is 2. The van der Waals surface area contributed by atoms with Gasteiger partial charge in [0.05, 0.1) is 5.41 Å². The van der Waals surface area contributed by atoms with Crippen molar-refractivity contribution in [3.8, 4) is 0 Å². The van der Waals surface area contributed by atoms with E-state index in [2.05, 4.69) is 0 Å². The van der Waals surface area contributed by atoms with Crippen molar-refractivity contribution in [3.63, 3.8) is 0 Å². The lowest BCUT2D eigenvalue weighted by Gasteiger charge is -2.36. The molecule has 4 nitrogen and oxygen atoms in total. The zero-order valence-corrected chi connectivity index (χ0v) is 15.0. The first-order chi connectivity index (χ1) is 10.7. The minimum atomic E-state index is -0.960. The van der Waals surface area contributed by atoms with Crippen LogP contribution in [-0.4, -0.2) is 52.1 Å². The van der Waals surface area contributed by atoms with Crippen molar-refractivity contribution < 1.29 is 9.59 Å². The van der Waals surface area contributed by atoms with Gasteiger partial charge >= 0.3 is 0 Å². The second-order valence-corrected chi connectivity index (χ2v) is 8.23. The highest BCUT2D eigenvalue weighted by molar-refractivity contribution is 6.53. The van der Waals surface area contributed by atoms with Crippen molar-refractivity contribution in [1.29, 1.82) is 0 Å². The number of amides is 2. The Morgan fingerprint density at radius 3 is 2.17 bits per heavy atom. The number of hydrogen-bond acceptors (Lipinski definition) is 2. The van der Waals surface area contributed by atoms with Crippen molar-refractivity contribution >= 4 is 46.6 Å². The first-order valence-corrected chi connectivity index (χ1v) is 8.60. The Labute approximate surface area is 150 Å². The third kappa shape index (κ3) is 3.04. The standard InChI is InChI=1S/C16H17Cl3N2O2/c1-15(10-16(15,18)19)14(23)21-7-5-20(6-8-21)13(22)11-3-2-4-12(17)9-11/h2-4,9H,5-8,10H2,1H3. The van der Waals surface area contributed by atoms with Crippen molar-refractivity contribution in [2.24, 2.45) is 5.41 Å². The number of benzene rings is 1. The molecule has 0 N–H and O–H groups in total. The number of nitrogens with zero attached hydrogens (tertiary/aromatic N) is 2. The Kier molecular flexibility index (Phi) is 4.28. The van der Waals surface area contributed by atoms with Crippen LogP contribution in [0.5, 0.6) is 0 Å². The van der Waals surface area contributed by atoms with Crippen LogP contribution in [0, 0.1) is 5.41 Å². The summed E-state index contributed by atoms with van der Waals surface area (Å²) >= 11 is 18.1. The summed E-state index contributed by atoms with van der Waals surface area (Å²) in [5.74, 6) is -0.0985. The fourth-order valence-corrected chi connectivity index (χ4v) is 3.78. The molecule has 0 spiro atoms. The van der Waals surface area contributed by atoms with Crippen LogP contribution in [0.4, 0.5) is 0 Å². The average molecular weight is 376 g/mol. The second kappa shape index (κ2) is 5.83. The van der Waals surface area contributed by atoms with Crippen LogP contribution >= 0.6 is 34.8 Å². The maximum Gasteiger partial charge on any atom is 0.254 e. The van der Waals surface area contributed by atoms with Gasteiger partial charge in [-0.25, -0.2) is 0 Å². The van der Waals surface area contributed by atoms with Crippen molar-refractivity contribution in [3.05, 3.63) is 34.9 Å². The van der Waals surface area contributed by atoms with Crippen LogP contribution in [0.15, 0.2) is 24.3 Å². The first-order valence-electron chi connectivity index (χ1n) is 7.47. The molecule has 124 valence electrons. The third-order valence-corrected chi connectivity index (χ3v) is 5.99. The number of carbonyl (C=O) groups is 2. The van der Waals surface area contributed by atoms with E-state index in [1.54, 1.807) is 41.0 Å². The van der Waals surface area contributed by atoms with Crippen LogP contribution < -0.4 is 0 Å². The molecule has 1 unspecified atom stereocenters. The highest BCUT2D eigenvalue weighted by Gasteiger charge is 2.68. The van der Waals surface area contributed by atoms with Crippen LogP contribution in [0.2, 0.25) is 5.02 Å². The van der Waals surface area contributed by atoms with Gasteiger partial charge in [-0.05, 0) is 31.5 Å². The lowest BCUT2D eigenvalue weighted by atomic mass is 10.1. The minimum Gasteiger partial charge on any atom is -0.339 e. The molecule has 7 heteroatoms. The zero-order chi connectivity index (χ0) is 16.8. The lowest BCUT2D eigenvalue weighted by Crippen LogP contribution is -2.52. The molecule has 1 saturated carbocycles. The molecular formula is C16H17Cl3N2O2. The highest BCUT2D eigenvalue weighted by atomic mass is 35.5. The molecule has 2 amide bonds. The molecule has 3 rings (SSSR count). The summed E-state index contributed by atoms with van der Waals surface area (Å²) in [5.41, 5.74) is -0.137. The molecule has 0 radical (unpaired) electrons. The van der Waals surface area contributed by atoms with Gasteiger partial charge in [-0.15, -0.1) is 23.2 Å². The van der Waals surface area contributed by atoms with Crippen LogP contribution in [-0.2, 0) is 4.79 Å². The maximum absolute atomic E-state index is 12.5. The van der Waals surface area contributed by atoms with Gasteiger partial charge in [0.15, 0.2) is 0 Å². The van der Waals surface area contributed by atoms with E-state index in [1.165, 1.54) is 0 Å². The largest absolute Gasteiger partial charge is 0.339 e. The quantitative estimate of drug-likeness (QED) is 0.745. The smallest absolute Gasteiger partial charge is 0.254 e. The fraction of sp³-hybridized carbons (Fsp3) is 0.500. The van der Waals surface area contributed by atoms with Crippen molar-refractivity contribution in [1.82, 2.24) is 9.80 Å². The normalized spacial score (nSPS) is 26.1. The fourth-order valence-electron chi connectivity index (χ4n) is 2.90. The van der Waals surface area contributed by atoms with E-state index in [0.29, 0.717) is 43.2 Å². The Balaban J connectivity index is 1.61. The van der Waals surface area contributed by atoms with E-state index in [9.17, 15) is 9.59 Å². The molecule has 0 bridgehead atoms. The summed E-state index contributed by atoms with van der Waals surface area (Å²) in [6.07, 6.45) is 0.476. The number of halogens is 3. The second-order valence-electron chi connectivity index (χ2n) is 6.31. The predicted molar refractivity (Wildman–Crippen MR) is 91.1 cm³/mol. The molecule has 2 aliphatic rings. The highest BCUT2D eigenvalue weighted by Crippen LogP contribution is 2.64. The van der Waals surface area contributed by atoms with E-state index in [-0.39, 0.29) is 11.8 Å². The van der Waals surface area contributed by atoms with Crippen molar-refractivity contribution in [2.45, 2.75) is 17.7 Å². The van der Waals surface area contributed by atoms with Crippen LogP contribution in [0.25, 0.3) is 0 Å². The van der Waals surface area contributed by atoms with Gasteiger partial charge in [0, 0.05) is 36.8 Å². The van der Waals surface area contributed by atoms with E-state index < -0.39 is 9.75 Å². The summed E-state index contributed by atoms with van der Waals surface area (Å²) in [6, 6.07) is 6.88. The van der Waals surface area contributed by atoms with Crippen molar-refractivity contribution in [2.75, 3.05) is 26.2 Å². The minimum absolute atomic E-state index is 0.0302. The summed E-state index contributed by atoms with van der Waals surface area (Å²) < 4.78 is -0.960. The predicted octanol–water partition coefficient (Wildman–Crippen LogP) is 3.21. The Morgan fingerprint density at radius 2 is 1.65 bits per heavy atom. The van der Waals surface area contributed by atoms with Gasteiger partial charge in [0.25, 0.3) is 5.91 Å². The number of rotatable bonds is 2. The maximum atomic E-state index is 12.5. The van der Waals surface area contributed by atoms with Gasteiger partial charge < -0.3 is 9.80 Å². The topological polar surface area (TPSA) is 40.6 Å². The summed E-state index contributed by atoms with van der Waals surface area (Å²) in [4.78, 5) is 28.5. The van der Waals surface area contributed by atoms with E-state index in [1.807, 2.05) is 0 Å². The van der Waals surface area contributed by atoms with E-state index in [4.69, 9.17) is 34.8 Å². The molecule has 1 atom stereocenters. The number of piperazine rings is 1. The average Bonchev–Trinajstić information content (AvgIpc) is 3.05. The summed E-state index contributed by atoms with van der Waals surface area (Å²) in [5, 5.41) is 0.534. The molecule has 0 aromatic heterocycles. The number of hydrogen-bond donors (Lipinski definition) is 0. The van der Waals surface area contributed by atoms with Gasteiger partial charge in [-0.2, -0.15) is 0 Å². The molecule has 1 aromatic carbocycles. The van der Waals surface area contributed by atoms with Crippen LogP contribution in [0.1, 0.15) is 23.7 Å².